The highest BCUT2D eigenvalue weighted by Gasteiger charge is 2.27. The molecule has 0 aliphatic rings. The van der Waals surface area contributed by atoms with Crippen LogP contribution in [-0.4, -0.2) is 40.8 Å². The minimum absolute atomic E-state index is 0.105. The first-order valence-electron chi connectivity index (χ1n) is 5.89. The zero-order valence-electron chi connectivity index (χ0n) is 10.8. The van der Waals surface area contributed by atoms with Gasteiger partial charge < -0.3 is 17.2 Å². The summed E-state index contributed by atoms with van der Waals surface area (Å²) in [5.74, 6) is -1.11. The molecule has 0 saturated carbocycles. The molecule has 2 amide bonds. The first-order chi connectivity index (χ1) is 8.91. The lowest BCUT2D eigenvalue weighted by molar-refractivity contribution is -0.123. The predicted molar refractivity (Wildman–Crippen MR) is 70.6 cm³/mol. The van der Waals surface area contributed by atoms with Crippen LogP contribution < -0.4 is 17.2 Å². The molecule has 0 fully saturated rings. The Labute approximate surface area is 111 Å². The van der Waals surface area contributed by atoms with Gasteiger partial charge in [-0.3, -0.25) is 19.5 Å². The summed E-state index contributed by atoms with van der Waals surface area (Å²) in [5.41, 5.74) is 17.0. The molecule has 1 heterocycles. The Morgan fingerprint density at radius 3 is 2.21 bits per heavy atom. The predicted octanol–water partition coefficient (Wildman–Crippen LogP) is -1.26. The van der Waals surface area contributed by atoms with Crippen LogP contribution in [0.15, 0.2) is 24.4 Å². The highest BCUT2D eigenvalue weighted by atomic mass is 16.2. The van der Waals surface area contributed by atoms with Crippen LogP contribution in [0.5, 0.6) is 0 Å². The molecule has 0 spiro atoms. The van der Waals surface area contributed by atoms with E-state index < -0.39 is 17.9 Å². The van der Waals surface area contributed by atoms with Gasteiger partial charge in [-0.1, -0.05) is 6.07 Å². The first kappa shape index (κ1) is 15.1. The van der Waals surface area contributed by atoms with Crippen molar-refractivity contribution >= 4 is 11.8 Å². The molecule has 0 aliphatic carbocycles. The van der Waals surface area contributed by atoms with E-state index in [2.05, 4.69) is 4.98 Å². The van der Waals surface area contributed by atoms with E-state index in [4.69, 9.17) is 17.2 Å². The van der Waals surface area contributed by atoms with E-state index in [-0.39, 0.29) is 19.1 Å². The van der Waals surface area contributed by atoms with Crippen LogP contribution >= 0.6 is 0 Å². The Morgan fingerprint density at radius 2 is 1.84 bits per heavy atom. The van der Waals surface area contributed by atoms with Crippen LogP contribution in [0.4, 0.5) is 0 Å². The van der Waals surface area contributed by atoms with Crippen molar-refractivity contribution in [2.75, 3.05) is 13.1 Å². The SMILES string of the molecule is CC(N)C(c1ccccn1)N(CC(N)=O)CC(N)=O. The van der Waals surface area contributed by atoms with Gasteiger partial charge in [0.15, 0.2) is 0 Å². The van der Waals surface area contributed by atoms with Crippen molar-refractivity contribution in [2.45, 2.75) is 19.0 Å². The van der Waals surface area contributed by atoms with Crippen molar-refractivity contribution in [3.05, 3.63) is 30.1 Å². The van der Waals surface area contributed by atoms with Gasteiger partial charge in [0.25, 0.3) is 0 Å². The van der Waals surface area contributed by atoms with Crippen LogP contribution in [0, 0.1) is 0 Å². The third-order valence-corrected chi connectivity index (χ3v) is 2.60. The summed E-state index contributed by atoms with van der Waals surface area (Å²) in [7, 11) is 0. The fourth-order valence-corrected chi connectivity index (χ4v) is 1.99. The smallest absolute Gasteiger partial charge is 0.231 e. The fourth-order valence-electron chi connectivity index (χ4n) is 1.99. The minimum Gasteiger partial charge on any atom is -0.369 e. The number of hydrogen-bond donors (Lipinski definition) is 3. The maximum Gasteiger partial charge on any atom is 0.231 e. The van der Waals surface area contributed by atoms with Crippen LogP contribution in [0.3, 0.4) is 0 Å². The zero-order chi connectivity index (χ0) is 14.4. The van der Waals surface area contributed by atoms with Crippen molar-refractivity contribution in [3.63, 3.8) is 0 Å². The maximum absolute atomic E-state index is 11.1. The van der Waals surface area contributed by atoms with Crippen LogP contribution in [0.1, 0.15) is 18.7 Å². The number of nitrogens with zero attached hydrogens (tertiary/aromatic N) is 2. The van der Waals surface area contributed by atoms with Gasteiger partial charge in [0, 0.05) is 12.2 Å². The summed E-state index contributed by atoms with van der Waals surface area (Å²) in [6, 6.07) is 4.62. The van der Waals surface area contributed by atoms with Crippen LogP contribution in [0.2, 0.25) is 0 Å². The quantitative estimate of drug-likeness (QED) is 0.567. The molecule has 0 aromatic carbocycles. The average Bonchev–Trinajstić information content (AvgIpc) is 2.28. The van der Waals surface area contributed by atoms with Crippen molar-refractivity contribution in [2.24, 2.45) is 17.2 Å². The molecule has 1 aromatic heterocycles. The van der Waals surface area contributed by atoms with E-state index in [1.54, 1.807) is 25.3 Å². The summed E-state index contributed by atoms with van der Waals surface area (Å²) in [6.07, 6.45) is 1.62. The van der Waals surface area contributed by atoms with Gasteiger partial charge in [0.2, 0.25) is 11.8 Å². The molecule has 0 aliphatic heterocycles. The molecule has 0 saturated heterocycles. The molecule has 2 unspecified atom stereocenters. The number of carbonyl (C=O) groups excluding carboxylic acids is 2. The highest BCUT2D eigenvalue weighted by Crippen LogP contribution is 2.20. The number of nitrogens with two attached hydrogens (primary N) is 3. The average molecular weight is 265 g/mol. The second-order valence-corrected chi connectivity index (χ2v) is 4.40. The fraction of sp³-hybridized carbons (Fsp3) is 0.417. The van der Waals surface area contributed by atoms with Crippen LogP contribution in [0.25, 0.3) is 0 Å². The molecule has 19 heavy (non-hydrogen) atoms. The third-order valence-electron chi connectivity index (χ3n) is 2.60. The summed E-state index contributed by atoms with van der Waals surface area (Å²) < 4.78 is 0. The molecule has 7 heteroatoms. The number of carbonyl (C=O) groups is 2. The molecule has 104 valence electrons. The molecule has 6 N–H and O–H groups in total. The lowest BCUT2D eigenvalue weighted by Gasteiger charge is -2.31. The lowest BCUT2D eigenvalue weighted by atomic mass is 10.0. The molecule has 2 atom stereocenters. The van der Waals surface area contributed by atoms with Gasteiger partial charge in [0.1, 0.15) is 0 Å². The van der Waals surface area contributed by atoms with Gasteiger partial charge in [-0.15, -0.1) is 0 Å². The molecule has 0 radical (unpaired) electrons. The van der Waals surface area contributed by atoms with E-state index in [0.29, 0.717) is 5.69 Å². The lowest BCUT2D eigenvalue weighted by Crippen LogP contribution is -2.47. The van der Waals surface area contributed by atoms with Crippen molar-refractivity contribution in [3.8, 4) is 0 Å². The normalized spacial score (nSPS) is 14.1. The number of pyridine rings is 1. The number of amides is 2. The van der Waals surface area contributed by atoms with Gasteiger partial charge in [-0.2, -0.15) is 0 Å². The Kier molecular flexibility index (Phi) is 5.40. The Morgan fingerprint density at radius 1 is 1.26 bits per heavy atom. The molecule has 7 nitrogen and oxygen atoms in total. The monoisotopic (exact) mass is 265 g/mol. The van der Waals surface area contributed by atoms with E-state index in [0.717, 1.165) is 0 Å². The summed E-state index contributed by atoms with van der Waals surface area (Å²) >= 11 is 0. The molecular formula is C12H19N5O2. The number of aromatic nitrogens is 1. The Bertz CT molecular complexity index is 419. The second-order valence-electron chi connectivity index (χ2n) is 4.40. The van der Waals surface area contributed by atoms with E-state index >= 15 is 0 Å². The molecule has 1 rings (SSSR count). The molecular weight excluding hydrogens is 246 g/mol. The third kappa shape index (κ3) is 4.65. The summed E-state index contributed by atoms with van der Waals surface area (Å²) in [6.45, 7) is 1.56. The van der Waals surface area contributed by atoms with E-state index in [9.17, 15) is 9.59 Å². The van der Waals surface area contributed by atoms with E-state index in [1.807, 2.05) is 6.07 Å². The van der Waals surface area contributed by atoms with Crippen molar-refractivity contribution < 1.29 is 9.59 Å². The summed E-state index contributed by atoms with van der Waals surface area (Å²) in [4.78, 5) is 28.0. The molecule has 0 bridgehead atoms. The van der Waals surface area contributed by atoms with Gasteiger partial charge in [0.05, 0.1) is 24.8 Å². The second kappa shape index (κ2) is 6.81. The van der Waals surface area contributed by atoms with Crippen LogP contribution in [-0.2, 0) is 9.59 Å². The zero-order valence-corrected chi connectivity index (χ0v) is 10.8. The standard InChI is InChI=1S/C12H19N5O2/c1-8(13)12(9-4-2-3-5-16-9)17(6-10(14)18)7-11(15)19/h2-5,8,12H,6-7,13H2,1H3,(H2,14,18)(H2,15,19). The van der Waals surface area contributed by atoms with Crippen molar-refractivity contribution in [1.29, 1.82) is 0 Å². The Balaban J connectivity index is 3.04. The minimum atomic E-state index is -0.553. The number of hydrogen-bond acceptors (Lipinski definition) is 5. The Hall–Kier alpha value is -1.99. The summed E-state index contributed by atoms with van der Waals surface area (Å²) in [5, 5.41) is 0. The van der Waals surface area contributed by atoms with Gasteiger partial charge in [-0.05, 0) is 19.1 Å². The molecule has 1 aromatic rings. The largest absolute Gasteiger partial charge is 0.369 e. The highest BCUT2D eigenvalue weighted by molar-refractivity contribution is 5.79. The number of primary amides is 2. The van der Waals surface area contributed by atoms with Crippen molar-refractivity contribution in [1.82, 2.24) is 9.88 Å². The van der Waals surface area contributed by atoms with E-state index in [1.165, 1.54) is 4.90 Å². The topological polar surface area (TPSA) is 128 Å². The first-order valence-corrected chi connectivity index (χ1v) is 5.89. The number of rotatable bonds is 7. The van der Waals surface area contributed by atoms with Gasteiger partial charge in [-0.25, -0.2) is 0 Å². The maximum atomic E-state index is 11.1. The van der Waals surface area contributed by atoms with Gasteiger partial charge >= 0.3 is 0 Å².